The van der Waals surface area contributed by atoms with Gasteiger partial charge in [-0.25, -0.2) is 0 Å². The summed E-state index contributed by atoms with van der Waals surface area (Å²) >= 11 is 0. The zero-order valence-corrected chi connectivity index (χ0v) is 12.4. The van der Waals surface area contributed by atoms with Crippen LogP contribution in [0.25, 0.3) is 0 Å². The van der Waals surface area contributed by atoms with Crippen LogP contribution >= 0.6 is 0 Å². The van der Waals surface area contributed by atoms with E-state index in [0.717, 1.165) is 25.7 Å². The first-order valence-electron chi connectivity index (χ1n) is 7.40. The van der Waals surface area contributed by atoms with Crippen LogP contribution in [0.1, 0.15) is 65.7 Å². The summed E-state index contributed by atoms with van der Waals surface area (Å²) in [4.78, 5) is 23.7. The Morgan fingerprint density at radius 1 is 1.11 bits per heavy atom. The maximum Gasteiger partial charge on any atom is 0.310 e. The zero-order valence-electron chi connectivity index (χ0n) is 12.4. The van der Waals surface area contributed by atoms with E-state index in [1.807, 2.05) is 20.8 Å². The minimum Gasteiger partial charge on any atom is -0.481 e. The maximum absolute atomic E-state index is 12.1. The van der Waals surface area contributed by atoms with Crippen LogP contribution in [0.5, 0.6) is 0 Å². The molecule has 2 N–H and O–H groups in total. The first-order valence-corrected chi connectivity index (χ1v) is 7.40. The highest BCUT2D eigenvalue weighted by Crippen LogP contribution is 2.38. The SMILES string of the molecule is CC(C)C(C)NC(=O)CC1(C(=O)O)CCCCCC1. The van der Waals surface area contributed by atoms with Gasteiger partial charge in [0.15, 0.2) is 0 Å². The molecule has 0 radical (unpaired) electrons. The van der Waals surface area contributed by atoms with Crippen molar-refractivity contribution in [2.45, 2.75) is 71.8 Å². The highest BCUT2D eigenvalue weighted by atomic mass is 16.4. The van der Waals surface area contributed by atoms with E-state index in [9.17, 15) is 14.7 Å². The summed E-state index contributed by atoms with van der Waals surface area (Å²) < 4.78 is 0. The average molecular weight is 269 g/mol. The van der Waals surface area contributed by atoms with Crippen LogP contribution in [0.15, 0.2) is 0 Å². The van der Waals surface area contributed by atoms with E-state index in [4.69, 9.17) is 0 Å². The van der Waals surface area contributed by atoms with Crippen LogP contribution in [-0.4, -0.2) is 23.0 Å². The molecule has 0 bridgehead atoms. The summed E-state index contributed by atoms with van der Waals surface area (Å²) in [6.45, 7) is 6.05. The highest BCUT2D eigenvalue weighted by Gasteiger charge is 2.40. The summed E-state index contributed by atoms with van der Waals surface area (Å²) in [6, 6.07) is 0.0872. The van der Waals surface area contributed by atoms with Crippen LogP contribution in [0.3, 0.4) is 0 Å². The molecule has 1 amide bonds. The number of aliphatic carboxylic acids is 1. The summed E-state index contributed by atoms with van der Waals surface area (Å²) in [5.74, 6) is -0.564. The third kappa shape index (κ3) is 4.51. The lowest BCUT2D eigenvalue weighted by atomic mass is 9.77. The lowest BCUT2D eigenvalue weighted by molar-refractivity contribution is -0.153. The number of carbonyl (C=O) groups is 2. The predicted molar refractivity (Wildman–Crippen MR) is 74.8 cm³/mol. The topological polar surface area (TPSA) is 66.4 Å². The van der Waals surface area contributed by atoms with E-state index in [-0.39, 0.29) is 18.4 Å². The Morgan fingerprint density at radius 2 is 1.63 bits per heavy atom. The molecule has 1 rings (SSSR count). The van der Waals surface area contributed by atoms with Gasteiger partial charge in [0.2, 0.25) is 5.91 Å². The summed E-state index contributed by atoms with van der Waals surface area (Å²) in [5, 5.41) is 12.5. The van der Waals surface area contributed by atoms with Crippen molar-refractivity contribution in [1.29, 1.82) is 0 Å². The van der Waals surface area contributed by atoms with Crippen LogP contribution in [0.4, 0.5) is 0 Å². The summed E-state index contributed by atoms with van der Waals surface area (Å²) in [7, 11) is 0. The summed E-state index contributed by atoms with van der Waals surface area (Å²) in [5.41, 5.74) is -0.836. The fourth-order valence-electron chi connectivity index (χ4n) is 2.65. The molecule has 0 aromatic heterocycles. The monoisotopic (exact) mass is 269 g/mol. The molecule has 0 heterocycles. The third-order valence-corrected chi connectivity index (χ3v) is 4.40. The van der Waals surface area contributed by atoms with Gasteiger partial charge in [-0.05, 0) is 25.7 Å². The molecule has 1 saturated carbocycles. The standard InChI is InChI=1S/C15H27NO3/c1-11(2)12(3)16-13(17)10-15(14(18)19)8-6-4-5-7-9-15/h11-12H,4-10H2,1-3H3,(H,16,17)(H,18,19). The molecule has 1 aliphatic rings. The number of carboxylic acids is 1. The van der Waals surface area contributed by atoms with E-state index < -0.39 is 11.4 Å². The Balaban J connectivity index is 2.67. The maximum atomic E-state index is 12.1. The molecule has 0 saturated heterocycles. The average Bonchev–Trinajstić information content (AvgIpc) is 2.55. The number of carbonyl (C=O) groups excluding carboxylic acids is 1. The minimum absolute atomic E-state index is 0.0872. The Labute approximate surface area is 116 Å². The molecular formula is C15H27NO3. The Morgan fingerprint density at radius 3 is 2.05 bits per heavy atom. The first-order chi connectivity index (χ1) is 8.87. The Kier molecular flexibility index (Phi) is 5.83. The van der Waals surface area contributed by atoms with Crippen molar-refractivity contribution in [1.82, 2.24) is 5.32 Å². The van der Waals surface area contributed by atoms with E-state index in [1.54, 1.807) is 0 Å². The van der Waals surface area contributed by atoms with Crippen molar-refractivity contribution >= 4 is 11.9 Å². The van der Waals surface area contributed by atoms with Crippen molar-refractivity contribution in [2.24, 2.45) is 11.3 Å². The van der Waals surface area contributed by atoms with Crippen LogP contribution in [-0.2, 0) is 9.59 Å². The highest BCUT2D eigenvalue weighted by molar-refractivity contribution is 5.85. The first kappa shape index (κ1) is 16.0. The minimum atomic E-state index is -0.836. The van der Waals surface area contributed by atoms with Crippen molar-refractivity contribution in [3.8, 4) is 0 Å². The zero-order chi connectivity index (χ0) is 14.5. The fraction of sp³-hybridized carbons (Fsp3) is 0.867. The number of nitrogens with one attached hydrogen (secondary N) is 1. The Hall–Kier alpha value is -1.06. The van der Waals surface area contributed by atoms with Crippen LogP contribution in [0.2, 0.25) is 0 Å². The fourth-order valence-corrected chi connectivity index (χ4v) is 2.65. The van der Waals surface area contributed by atoms with E-state index in [2.05, 4.69) is 5.32 Å². The third-order valence-electron chi connectivity index (χ3n) is 4.40. The van der Waals surface area contributed by atoms with Crippen molar-refractivity contribution in [3.05, 3.63) is 0 Å². The second-order valence-corrected chi connectivity index (χ2v) is 6.28. The van der Waals surface area contributed by atoms with Crippen molar-refractivity contribution < 1.29 is 14.7 Å². The second-order valence-electron chi connectivity index (χ2n) is 6.28. The van der Waals surface area contributed by atoms with E-state index in [0.29, 0.717) is 18.8 Å². The van der Waals surface area contributed by atoms with E-state index in [1.165, 1.54) is 0 Å². The lowest BCUT2D eigenvalue weighted by Crippen LogP contribution is -2.41. The second kappa shape index (κ2) is 6.92. The van der Waals surface area contributed by atoms with Crippen molar-refractivity contribution in [2.75, 3.05) is 0 Å². The van der Waals surface area contributed by atoms with E-state index >= 15 is 0 Å². The molecule has 0 aliphatic heterocycles. The van der Waals surface area contributed by atoms with Gasteiger partial charge in [-0.15, -0.1) is 0 Å². The predicted octanol–water partition coefficient (Wildman–Crippen LogP) is 2.96. The molecule has 0 aromatic carbocycles. The molecule has 1 fully saturated rings. The molecular weight excluding hydrogens is 242 g/mol. The van der Waals surface area contributed by atoms with Gasteiger partial charge >= 0.3 is 5.97 Å². The molecule has 19 heavy (non-hydrogen) atoms. The molecule has 4 heteroatoms. The number of amides is 1. The smallest absolute Gasteiger partial charge is 0.310 e. The number of rotatable bonds is 5. The largest absolute Gasteiger partial charge is 0.481 e. The quantitative estimate of drug-likeness (QED) is 0.754. The van der Waals surface area contributed by atoms with Gasteiger partial charge in [0, 0.05) is 12.5 Å². The van der Waals surface area contributed by atoms with Gasteiger partial charge in [0.1, 0.15) is 0 Å². The molecule has 1 aliphatic carbocycles. The van der Waals surface area contributed by atoms with Gasteiger partial charge in [-0.2, -0.15) is 0 Å². The van der Waals surface area contributed by atoms with Gasteiger partial charge in [0.05, 0.1) is 5.41 Å². The number of hydrogen-bond donors (Lipinski definition) is 2. The molecule has 110 valence electrons. The number of carboxylic acid groups (broad SMARTS) is 1. The van der Waals surface area contributed by atoms with Gasteiger partial charge in [0.25, 0.3) is 0 Å². The summed E-state index contributed by atoms with van der Waals surface area (Å²) in [6.07, 6.45) is 5.38. The normalized spacial score (nSPS) is 20.6. The van der Waals surface area contributed by atoms with Gasteiger partial charge in [-0.1, -0.05) is 39.5 Å². The molecule has 0 aromatic rings. The van der Waals surface area contributed by atoms with Crippen LogP contribution < -0.4 is 5.32 Å². The molecule has 4 nitrogen and oxygen atoms in total. The number of hydrogen-bond acceptors (Lipinski definition) is 2. The molecule has 1 atom stereocenters. The lowest BCUT2D eigenvalue weighted by Gasteiger charge is -2.28. The van der Waals surface area contributed by atoms with Crippen LogP contribution in [0, 0.1) is 11.3 Å². The molecule has 0 spiro atoms. The van der Waals surface area contributed by atoms with Gasteiger partial charge in [-0.3, -0.25) is 9.59 Å². The Bertz CT molecular complexity index is 317. The van der Waals surface area contributed by atoms with Gasteiger partial charge < -0.3 is 10.4 Å². The van der Waals surface area contributed by atoms with Crippen molar-refractivity contribution in [3.63, 3.8) is 0 Å². The molecule has 1 unspecified atom stereocenters.